The highest BCUT2D eigenvalue weighted by Gasteiger charge is 2.36. The number of aromatic nitrogens is 4. The molecular formula is C15H14N4O5. The van der Waals surface area contributed by atoms with E-state index in [0.717, 1.165) is 4.57 Å². The van der Waals surface area contributed by atoms with E-state index in [0.29, 0.717) is 11.0 Å². The van der Waals surface area contributed by atoms with Crippen molar-refractivity contribution in [3.05, 3.63) is 45.1 Å². The maximum Gasteiger partial charge on any atom is 0.332 e. The summed E-state index contributed by atoms with van der Waals surface area (Å²) in [5.74, 6) is 0. The molecule has 3 aromatic rings. The van der Waals surface area contributed by atoms with Crippen LogP contribution >= 0.6 is 0 Å². The van der Waals surface area contributed by atoms with E-state index in [1.807, 2.05) is 0 Å². The third-order valence-electron chi connectivity index (χ3n) is 4.11. The zero-order valence-corrected chi connectivity index (χ0v) is 12.4. The first-order valence-electron chi connectivity index (χ1n) is 7.44. The molecule has 0 spiro atoms. The SMILES string of the molecule is O=c1[nH]c2nc3ccccc3nc2c(=O)n1[C@H]1C[C@H](O)[C@@H](CO)O1. The quantitative estimate of drug-likeness (QED) is 0.528. The van der Waals surface area contributed by atoms with E-state index < -0.39 is 36.3 Å². The standard InChI is InChI=1S/C15H14N4O5/c20-6-10-9(21)5-11(24-10)19-14(22)12-13(18-15(19)23)17-8-4-2-1-3-7(8)16-12/h1-4,9-11,20-21H,5-6H2,(H,17,18,23)/t9-,10+,11+/m0/s1. The molecule has 124 valence electrons. The van der Waals surface area contributed by atoms with Crippen molar-refractivity contribution in [3.8, 4) is 0 Å². The average molecular weight is 330 g/mol. The van der Waals surface area contributed by atoms with Crippen molar-refractivity contribution in [3.63, 3.8) is 0 Å². The first kappa shape index (κ1) is 14.9. The number of hydrogen-bond donors (Lipinski definition) is 3. The van der Waals surface area contributed by atoms with Gasteiger partial charge in [-0.25, -0.2) is 19.3 Å². The number of nitrogens with one attached hydrogen (secondary N) is 1. The number of fused-ring (bicyclic) bond motifs is 2. The Morgan fingerprint density at radius 1 is 1.25 bits per heavy atom. The third-order valence-corrected chi connectivity index (χ3v) is 4.11. The Bertz CT molecular complexity index is 1040. The third kappa shape index (κ3) is 2.21. The summed E-state index contributed by atoms with van der Waals surface area (Å²) >= 11 is 0. The fourth-order valence-electron chi connectivity index (χ4n) is 2.90. The first-order chi connectivity index (χ1) is 11.6. The van der Waals surface area contributed by atoms with Gasteiger partial charge in [-0.05, 0) is 12.1 Å². The molecule has 0 amide bonds. The van der Waals surface area contributed by atoms with E-state index in [1.165, 1.54) is 0 Å². The number of nitrogens with zero attached hydrogens (tertiary/aromatic N) is 3. The predicted molar refractivity (Wildman–Crippen MR) is 83.5 cm³/mol. The highest BCUT2D eigenvalue weighted by Crippen LogP contribution is 2.26. The Morgan fingerprint density at radius 3 is 2.62 bits per heavy atom. The van der Waals surface area contributed by atoms with Crippen molar-refractivity contribution in [2.45, 2.75) is 24.9 Å². The second-order valence-electron chi connectivity index (χ2n) is 5.63. The second-order valence-corrected chi connectivity index (χ2v) is 5.63. The molecule has 1 aliphatic rings. The second kappa shape index (κ2) is 5.48. The lowest BCUT2D eigenvalue weighted by molar-refractivity contribution is -0.0467. The Morgan fingerprint density at radius 2 is 1.96 bits per heavy atom. The fraction of sp³-hybridized carbons (Fsp3) is 0.333. The van der Waals surface area contributed by atoms with Crippen molar-refractivity contribution in [2.75, 3.05) is 6.61 Å². The molecular weight excluding hydrogens is 316 g/mol. The number of aromatic amines is 1. The number of hydrogen-bond acceptors (Lipinski definition) is 7. The number of H-pyrrole nitrogens is 1. The van der Waals surface area contributed by atoms with Gasteiger partial charge in [-0.15, -0.1) is 0 Å². The first-order valence-corrected chi connectivity index (χ1v) is 7.44. The number of para-hydroxylation sites is 2. The van der Waals surface area contributed by atoms with Crippen LogP contribution in [0.3, 0.4) is 0 Å². The lowest BCUT2D eigenvalue weighted by atomic mass is 10.2. The molecule has 4 rings (SSSR count). The van der Waals surface area contributed by atoms with Gasteiger partial charge in [-0.1, -0.05) is 12.1 Å². The average Bonchev–Trinajstić information content (AvgIpc) is 2.94. The van der Waals surface area contributed by atoms with E-state index in [4.69, 9.17) is 9.84 Å². The van der Waals surface area contributed by atoms with Crippen molar-refractivity contribution in [1.29, 1.82) is 0 Å². The summed E-state index contributed by atoms with van der Waals surface area (Å²) in [6.07, 6.45) is -2.73. The van der Waals surface area contributed by atoms with Crippen molar-refractivity contribution in [2.24, 2.45) is 0 Å². The summed E-state index contributed by atoms with van der Waals surface area (Å²) in [6.45, 7) is -0.400. The Hall–Kier alpha value is -2.62. The molecule has 3 heterocycles. The van der Waals surface area contributed by atoms with Gasteiger partial charge >= 0.3 is 5.69 Å². The van der Waals surface area contributed by atoms with Gasteiger partial charge in [-0.2, -0.15) is 0 Å². The van der Waals surface area contributed by atoms with Gasteiger partial charge < -0.3 is 14.9 Å². The molecule has 24 heavy (non-hydrogen) atoms. The molecule has 0 radical (unpaired) electrons. The summed E-state index contributed by atoms with van der Waals surface area (Å²) in [4.78, 5) is 36.0. The predicted octanol–water partition coefficient (Wildman–Crippen LogP) is -0.726. The van der Waals surface area contributed by atoms with E-state index >= 15 is 0 Å². The van der Waals surface area contributed by atoms with E-state index in [-0.39, 0.29) is 17.6 Å². The summed E-state index contributed by atoms with van der Waals surface area (Å²) in [5.41, 5.74) is -0.154. The molecule has 3 N–H and O–H groups in total. The van der Waals surface area contributed by atoms with Gasteiger partial charge in [0, 0.05) is 6.42 Å². The fourth-order valence-corrected chi connectivity index (χ4v) is 2.90. The molecule has 2 aromatic heterocycles. The van der Waals surface area contributed by atoms with Crippen LogP contribution in [-0.4, -0.2) is 48.5 Å². The number of aliphatic hydroxyl groups is 2. The smallest absolute Gasteiger partial charge is 0.332 e. The molecule has 0 aliphatic carbocycles. The number of ether oxygens (including phenoxy) is 1. The van der Waals surface area contributed by atoms with Crippen LogP contribution in [-0.2, 0) is 4.74 Å². The monoisotopic (exact) mass is 330 g/mol. The van der Waals surface area contributed by atoms with Gasteiger partial charge in [0.25, 0.3) is 5.56 Å². The van der Waals surface area contributed by atoms with Gasteiger partial charge in [0.2, 0.25) is 0 Å². The molecule has 0 saturated carbocycles. The highest BCUT2D eigenvalue weighted by atomic mass is 16.5. The minimum absolute atomic E-state index is 0.0128. The molecule has 1 aliphatic heterocycles. The molecule has 9 nitrogen and oxygen atoms in total. The van der Waals surface area contributed by atoms with Crippen molar-refractivity contribution in [1.82, 2.24) is 19.5 Å². The number of benzene rings is 1. The minimum atomic E-state index is -0.967. The van der Waals surface area contributed by atoms with Crippen LogP contribution in [0.25, 0.3) is 22.2 Å². The molecule has 1 aromatic carbocycles. The molecule has 9 heteroatoms. The lowest BCUT2D eigenvalue weighted by Gasteiger charge is -2.14. The largest absolute Gasteiger partial charge is 0.394 e. The zero-order chi connectivity index (χ0) is 16.8. The number of aliphatic hydroxyl groups excluding tert-OH is 2. The summed E-state index contributed by atoms with van der Waals surface area (Å²) < 4.78 is 6.27. The maximum absolute atomic E-state index is 12.7. The molecule has 1 saturated heterocycles. The maximum atomic E-state index is 12.7. The van der Waals surface area contributed by atoms with Gasteiger partial charge in [0.1, 0.15) is 12.3 Å². The minimum Gasteiger partial charge on any atom is -0.394 e. The molecule has 0 unspecified atom stereocenters. The van der Waals surface area contributed by atoms with Crippen LogP contribution in [0.2, 0.25) is 0 Å². The summed E-state index contributed by atoms with van der Waals surface area (Å²) in [5, 5.41) is 19.0. The summed E-state index contributed by atoms with van der Waals surface area (Å²) in [7, 11) is 0. The van der Waals surface area contributed by atoms with Crippen LogP contribution in [0.15, 0.2) is 33.9 Å². The van der Waals surface area contributed by atoms with E-state index in [9.17, 15) is 14.7 Å². The molecule has 3 atom stereocenters. The molecule has 0 bridgehead atoms. The highest BCUT2D eigenvalue weighted by molar-refractivity contribution is 5.83. The zero-order valence-electron chi connectivity index (χ0n) is 12.4. The summed E-state index contributed by atoms with van der Waals surface area (Å²) in [6, 6.07) is 7.00. The van der Waals surface area contributed by atoms with Crippen molar-refractivity contribution >= 4 is 22.2 Å². The van der Waals surface area contributed by atoms with Gasteiger partial charge in [0.05, 0.1) is 23.7 Å². The van der Waals surface area contributed by atoms with E-state index in [2.05, 4.69) is 15.0 Å². The Balaban J connectivity index is 1.92. The van der Waals surface area contributed by atoms with E-state index in [1.54, 1.807) is 24.3 Å². The Kier molecular flexibility index (Phi) is 3.41. The van der Waals surface area contributed by atoms with Crippen LogP contribution in [0, 0.1) is 0 Å². The lowest BCUT2D eigenvalue weighted by Crippen LogP contribution is -2.39. The van der Waals surface area contributed by atoms with Crippen LogP contribution in [0.5, 0.6) is 0 Å². The van der Waals surface area contributed by atoms with Crippen LogP contribution in [0.4, 0.5) is 0 Å². The van der Waals surface area contributed by atoms with Gasteiger partial charge in [0.15, 0.2) is 11.2 Å². The molecule has 1 fully saturated rings. The van der Waals surface area contributed by atoms with Crippen LogP contribution < -0.4 is 11.2 Å². The van der Waals surface area contributed by atoms with Crippen LogP contribution in [0.1, 0.15) is 12.6 Å². The van der Waals surface area contributed by atoms with Crippen molar-refractivity contribution < 1.29 is 14.9 Å². The van der Waals surface area contributed by atoms with Gasteiger partial charge in [-0.3, -0.25) is 9.78 Å². The number of rotatable bonds is 2. The topological polar surface area (TPSA) is 130 Å². The normalized spacial score (nSPS) is 24.0. The Labute approximate surface area is 134 Å².